The van der Waals surface area contributed by atoms with Crippen molar-refractivity contribution in [1.29, 1.82) is 0 Å². The van der Waals surface area contributed by atoms with Gasteiger partial charge in [-0.05, 0) is 31.2 Å². The number of nitrogens with zero attached hydrogens (tertiary/aromatic N) is 3. The van der Waals surface area contributed by atoms with Crippen LogP contribution in [-0.4, -0.2) is 48.6 Å². The monoisotopic (exact) mass is 343 g/mol. The third-order valence-corrected chi connectivity index (χ3v) is 5.20. The van der Waals surface area contributed by atoms with Crippen LogP contribution in [0.15, 0.2) is 6.33 Å². The molecule has 0 saturated carbocycles. The first-order valence-electron chi connectivity index (χ1n) is 8.74. The van der Waals surface area contributed by atoms with E-state index in [0.717, 1.165) is 30.7 Å². The van der Waals surface area contributed by atoms with Crippen molar-refractivity contribution in [2.45, 2.75) is 51.0 Å². The molecule has 8 heteroatoms. The molecule has 0 saturated heterocycles. The van der Waals surface area contributed by atoms with Crippen molar-refractivity contribution in [3.8, 4) is 0 Å². The molecule has 0 aromatic carbocycles. The molecule has 8 nitrogen and oxygen atoms in total. The zero-order chi connectivity index (χ0) is 17.4. The smallest absolute Gasteiger partial charge is 0.332 e. The van der Waals surface area contributed by atoms with E-state index >= 15 is 0 Å². The van der Waals surface area contributed by atoms with Gasteiger partial charge in [0.15, 0.2) is 6.04 Å². The molecule has 2 aromatic heterocycles. The minimum atomic E-state index is -1.04. The zero-order valence-electron chi connectivity index (χ0n) is 13.9. The van der Waals surface area contributed by atoms with Crippen molar-refractivity contribution in [3.63, 3.8) is 0 Å². The first-order valence-corrected chi connectivity index (χ1v) is 8.74. The lowest BCUT2D eigenvalue weighted by atomic mass is 9.94. The van der Waals surface area contributed by atoms with E-state index < -0.39 is 12.0 Å². The van der Waals surface area contributed by atoms with Crippen LogP contribution in [0.4, 0.5) is 0 Å². The summed E-state index contributed by atoms with van der Waals surface area (Å²) in [5.74, 6) is -1.20. The Bertz CT molecular complexity index is 809. The Labute approximate surface area is 144 Å². The number of amides is 1. The highest BCUT2D eigenvalue weighted by atomic mass is 16.4. The Kier molecular flexibility index (Phi) is 4.03. The van der Waals surface area contributed by atoms with Crippen LogP contribution in [0.3, 0.4) is 0 Å². The summed E-state index contributed by atoms with van der Waals surface area (Å²) in [6, 6.07) is -1.00. The maximum absolute atomic E-state index is 12.7. The van der Waals surface area contributed by atoms with Crippen LogP contribution in [0.2, 0.25) is 0 Å². The van der Waals surface area contributed by atoms with Gasteiger partial charge in [-0.1, -0.05) is 0 Å². The van der Waals surface area contributed by atoms with E-state index in [1.165, 1.54) is 28.9 Å². The highest BCUT2D eigenvalue weighted by molar-refractivity contribution is 5.85. The molecule has 0 spiro atoms. The molecule has 2 aromatic rings. The molecule has 3 heterocycles. The van der Waals surface area contributed by atoms with Crippen molar-refractivity contribution in [2.24, 2.45) is 0 Å². The van der Waals surface area contributed by atoms with Gasteiger partial charge in [0.05, 0.1) is 17.7 Å². The fourth-order valence-electron chi connectivity index (χ4n) is 3.92. The number of carbonyl (C=O) groups is 2. The van der Waals surface area contributed by atoms with E-state index in [0.29, 0.717) is 25.1 Å². The number of carboxylic acids is 1. The molecule has 0 bridgehead atoms. The molecule has 1 atom stereocenters. The summed E-state index contributed by atoms with van der Waals surface area (Å²) in [5, 5.41) is 17.0. The minimum absolute atomic E-state index is 0.159. The Morgan fingerprint density at radius 1 is 1.24 bits per heavy atom. The van der Waals surface area contributed by atoms with E-state index in [-0.39, 0.29) is 12.3 Å². The number of carboxylic acid groups (broad SMARTS) is 1. The van der Waals surface area contributed by atoms with Gasteiger partial charge in [-0.25, -0.2) is 9.78 Å². The highest BCUT2D eigenvalue weighted by Gasteiger charge is 2.37. The summed E-state index contributed by atoms with van der Waals surface area (Å²) in [7, 11) is 0. The van der Waals surface area contributed by atoms with E-state index in [1.807, 2.05) is 0 Å². The number of aromatic amines is 2. The molecular formula is C17H21N5O3. The van der Waals surface area contributed by atoms with Crippen LogP contribution in [0.1, 0.15) is 53.6 Å². The van der Waals surface area contributed by atoms with Gasteiger partial charge in [-0.2, -0.15) is 5.10 Å². The van der Waals surface area contributed by atoms with Crippen LogP contribution >= 0.6 is 0 Å². The van der Waals surface area contributed by atoms with Gasteiger partial charge < -0.3 is 15.0 Å². The molecule has 4 rings (SSSR count). The fraction of sp³-hybridized carbons (Fsp3) is 0.529. The Morgan fingerprint density at radius 3 is 2.92 bits per heavy atom. The SMILES string of the molecule is O=C(O)C1c2nc[nH]c2CCN1C(=O)CCc1n[nH]c2c1CCCC2. The predicted octanol–water partition coefficient (Wildman–Crippen LogP) is 1.15. The maximum atomic E-state index is 12.7. The number of fused-ring (bicyclic) bond motifs is 2. The normalized spacial score (nSPS) is 19.4. The Hall–Kier alpha value is -2.64. The molecule has 0 fully saturated rings. The molecular weight excluding hydrogens is 322 g/mol. The second-order valence-corrected chi connectivity index (χ2v) is 6.68. The van der Waals surface area contributed by atoms with Crippen LogP contribution in [0, 0.1) is 0 Å². The minimum Gasteiger partial charge on any atom is -0.479 e. The standard InChI is InChI=1S/C17H21N5O3/c23-14(6-5-12-10-3-1-2-4-11(10)20-21-12)22-8-7-13-15(19-9-18-13)16(22)17(24)25/h9,16H,1-8H2,(H,18,19)(H,20,21)(H,24,25). The average molecular weight is 343 g/mol. The third kappa shape index (κ3) is 2.81. The van der Waals surface area contributed by atoms with E-state index in [2.05, 4.69) is 20.2 Å². The number of imidazole rings is 1. The van der Waals surface area contributed by atoms with Crippen molar-refractivity contribution >= 4 is 11.9 Å². The lowest BCUT2D eigenvalue weighted by molar-refractivity contribution is -0.151. The molecule has 132 valence electrons. The number of hydrogen-bond donors (Lipinski definition) is 3. The summed E-state index contributed by atoms with van der Waals surface area (Å²) in [6.45, 7) is 0.393. The number of carbonyl (C=O) groups excluding carboxylic acids is 1. The second kappa shape index (κ2) is 6.34. The molecule has 1 aliphatic carbocycles. The number of aliphatic carboxylic acids is 1. The van der Waals surface area contributed by atoms with E-state index in [9.17, 15) is 14.7 Å². The van der Waals surface area contributed by atoms with Gasteiger partial charge in [0.25, 0.3) is 0 Å². The average Bonchev–Trinajstić information content (AvgIpc) is 3.25. The van der Waals surface area contributed by atoms with Crippen LogP contribution in [0.25, 0.3) is 0 Å². The summed E-state index contributed by atoms with van der Waals surface area (Å²) in [4.78, 5) is 32.9. The maximum Gasteiger partial charge on any atom is 0.332 e. The van der Waals surface area contributed by atoms with Gasteiger partial charge in [-0.3, -0.25) is 9.89 Å². The highest BCUT2D eigenvalue weighted by Crippen LogP contribution is 2.29. The van der Waals surface area contributed by atoms with Gasteiger partial charge >= 0.3 is 5.97 Å². The van der Waals surface area contributed by atoms with Gasteiger partial charge in [0.2, 0.25) is 5.91 Å². The van der Waals surface area contributed by atoms with Crippen molar-refractivity contribution in [3.05, 3.63) is 34.7 Å². The van der Waals surface area contributed by atoms with Crippen LogP contribution < -0.4 is 0 Å². The van der Waals surface area contributed by atoms with E-state index in [4.69, 9.17) is 0 Å². The summed E-state index contributed by atoms with van der Waals surface area (Å²) in [5.41, 5.74) is 4.65. The predicted molar refractivity (Wildman–Crippen MR) is 87.9 cm³/mol. The van der Waals surface area contributed by atoms with Crippen LogP contribution in [0.5, 0.6) is 0 Å². The number of aromatic nitrogens is 4. The van der Waals surface area contributed by atoms with E-state index in [1.54, 1.807) is 0 Å². The first-order chi connectivity index (χ1) is 12.1. The summed E-state index contributed by atoms with van der Waals surface area (Å²) < 4.78 is 0. The van der Waals surface area contributed by atoms with Crippen molar-refractivity contribution < 1.29 is 14.7 Å². The summed E-state index contributed by atoms with van der Waals surface area (Å²) in [6.07, 6.45) is 7.25. The number of rotatable bonds is 4. The number of hydrogen-bond acceptors (Lipinski definition) is 4. The Balaban J connectivity index is 1.47. The largest absolute Gasteiger partial charge is 0.479 e. The van der Waals surface area contributed by atoms with Crippen molar-refractivity contribution in [2.75, 3.05) is 6.54 Å². The van der Waals surface area contributed by atoms with Gasteiger partial charge in [0.1, 0.15) is 0 Å². The lowest BCUT2D eigenvalue weighted by Gasteiger charge is -2.32. The number of H-pyrrole nitrogens is 2. The number of aryl methyl sites for hydroxylation is 2. The molecule has 2 aliphatic rings. The third-order valence-electron chi connectivity index (χ3n) is 5.20. The lowest BCUT2D eigenvalue weighted by Crippen LogP contribution is -2.43. The Morgan fingerprint density at radius 2 is 2.08 bits per heavy atom. The summed E-state index contributed by atoms with van der Waals surface area (Å²) >= 11 is 0. The first kappa shape index (κ1) is 15.9. The molecule has 1 aliphatic heterocycles. The van der Waals surface area contributed by atoms with Crippen molar-refractivity contribution in [1.82, 2.24) is 25.1 Å². The zero-order valence-corrected chi connectivity index (χ0v) is 13.9. The molecule has 0 radical (unpaired) electrons. The number of nitrogens with one attached hydrogen (secondary N) is 2. The quantitative estimate of drug-likeness (QED) is 0.770. The van der Waals surface area contributed by atoms with Gasteiger partial charge in [-0.15, -0.1) is 0 Å². The molecule has 25 heavy (non-hydrogen) atoms. The van der Waals surface area contributed by atoms with Crippen LogP contribution in [-0.2, 0) is 35.3 Å². The topological polar surface area (TPSA) is 115 Å². The molecule has 1 amide bonds. The molecule has 1 unspecified atom stereocenters. The second-order valence-electron chi connectivity index (χ2n) is 6.68. The molecule has 3 N–H and O–H groups in total. The fourth-order valence-corrected chi connectivity index (χ4v) is 3.92. The van der Waals surface area contributed by atoms with Gasteiger partial charge in [0, 0.05) is 37.2 Å².